The lowest BCUT2D eigenvalue weighted by atomic mass is 10.1. The van der Waals surface area contributed by atoms with E-state index in [0.717, 1.165) is 49.0 Å². The molecule has 4 nitrogen and oxygen atoms in total. The second-order valence-electron chi connectivity index (χ2n) is 6.30. The topological polar surface area (TPSA) is 41.0 Å². The molecule has 2 aromatic rings. The summed E-state index contributed by atoms with van der Waals surface area (Å²) in [5, 5.41) is 3.46. The molecule has 0 aliphatic carbocycles. The van der Waals surface area contributed by atoms with Crippen molar-refractivity contribution in [3.05, 3.63) is 42.1 Å². The highest BCUT2D eigenvalue weighted by atomic mass is 15.1. The summed E-state index contributed by atoms with van der Waals surface area (Å²) in [4.78, 5) is 11.7. The summed E-state index contributed by atoms with van der Waals surface area (Å²) in [6.07, 6.45) is 2.31. The molecule has 0 fully saturated rings. The molecule has 0 saturated heterocycles. The van der Waals surface area contributed by atoms with Gasteiger partial charge in [-0.2, -0.15) is 0 Å². The minimum Gasteiger partial charge on any atom is -0.352 e. The summed E-state index contributed by atoms with van der Waals surface area (Å²) in [6, 6.07) is 12.7. The Morgan fingerprint density at radius 3 is 2.46 bits per heavy atom. The molecule has 1 atom stereocenters. The molecule has 1 unspecified atom stereocenters. The number of rotatable bonds is 9. The van der Waals surface area contributed by atoms with Gasteiger partial charge in [-0.05, 0) is 52.4 Å². The summed E-state index contributed by atoms with van der Waals surface area (Å²) in [5.41, 5.74) is 3.09. The molecule has 0 aliphatic rings. The molecular weight excluding hydrogens is 296 g/mol. The molecule has 130 valence electrons. The van der Waals surface area contributed by atoms with Crippen LogP contribution < -0.4 is 5.32 Å². The van der Waals surface area contributed by atoms with Crippen LogP contribution in [-0.2, 0) is 0 Å². The lowest BCUT2D eigenvalue weighted by molar-refractivity contribution is 0.295. The maximum atomic E-state index is 4.69. The van der Waals surface area contributed by atoms with Crippen molar-refractivity contribution < 1.29 is 0 Å². The van der Waals surface area contributed by atoms with Crippen molar-refractivity contribution in [1.82, 2.24) is 14.9 Å². The Kier molecular flexibility index (Phi) is 7.19. The van der Waals surface area contributed by atoms with E-state index in [9.17, 15) is 0 Å². The van der Waals surface area contributed by atoms with E-state index in [0.29, 0.717) is 6.04 Å². The first kappa shape index (κ1) is 18.4. The van der Waals surface area contributed by atoms with E-state index in [1.54, 1.807) is 0 Å². The van der Waals surface area contributed by atoms with E-state index in [2.05, 4.69) is 53.1 Å². The largest absolute Gasteiger partial charge is 0.352 e. The van der Waals surface area contributed by atoms with Gasteiger partial charge >= 0.3 is 0 Å². The van der Waals surface area contributed by atoms with Gasteiger partial charge in [0.05, 0.1) is 5.69 Å². The van der Waals surface area contributed by atoms with Crippen LogP contribution in [0.25, 0.3) is 11.3 Å². The van der Waals surface area contributed by atoms with Gasteiger partial charge in [-0.3, -0.25) is 0 Å². The van der Waals surface area contributed by atoms with Crippen LogP contribution in [0.2, 0.25) is 0 Å². The highest BCUT2D eigenvalue weighted by Crippen LogP contribution is 2.19. The summed E-state index contributed by atoms with van der Waals surface area (Å²) in [6.45, 7) is 12.1. The van der Waals surface area contributed by atoms with Gasteiger partial charge in [0.1, 0.15) is 0 Å². The Labute approximate surface area is 146 Å². The Morgan fingerprint density at radius 1 is 1.08 bits per heavy atom. The minimum absolute atomic E-state index is 0.367. The number of nitrogens with zero attached hydrogens (tertiary/aromatic N) is 3. The lowest BCUT2D eigenvalue weighted by Gasteiger charge is -2.20. The average Bonchev–Trinajstić information content (AvgIpc) is 2.59. The third kappa shape index (κ3) is 5.60. The zero-order valence-electron chi connectivity index (χ0n) is 15.4. The number of nitrogens with one attached hydrogen (secondary N) is 1. The van der Waals surface area contributed by atoms with E-state index >= 15 is 0 Å². The van der Waals surface area contributed by atoms with Crippen molar-refractivity contribution in [3.63, 3.8) is 0 Å². The van der Waals surface area contributed by atoms with Gasteiger partial charge in [-0.1, -0.05) is 44.2 Å². The lowest BCUT2D eigenvalue weighted by Crippen LogP contribution is -2.26. The van der Waals surface area contributed by atoms with E-state index in [1.165, 1.54) is 6.42 Å². The number of hydrogen-bond donors (Lipinski definition) is 1. The van der Waals surface area contributed by atoms with Crippen molar-refractivity contribution in [2.45, 2.75) is 46.6 Å². The monoisotopic (exact) mass is 326 g/mol. The first-order chi connectivity index (χ1) is 11.6. The maximum Gasteiger partial charge on any atom is 0.223 e. The van der Waals surface area contributed by atoms with Crippen LogP contribution in [0, 0.1) is 6.92 Å². The quantitative estimate of drug-likeness (QED) is 0.743. The Balaban J connectivity index is 1.96. The van der Waals surface area contributed by atoms with Gasteiger partial charge in [-0.15, -0.1) is 0 Å². The van der Waals surface area contributed by atoms with Crippen LogP contribution in [0.5, 0.6) is 0 Å². The molecule has 0 saturated carbocycles. The number of aryl methyl sites for hydroxylation is 1. The van der Waals surface area contributed by atoms with Crippen molar-refractivity contribution in [2.75, 3.05) is 25.0 Å². The number of anilines is 1. The van der Waals surface area contributed by atoms with E-state index in [4.69, 9.17) is 0 Å². The molecule has 1 aromatic carbocycles. The highest BCUT2D eigenvalue weighted by molar-refractivity contribution is 5.60. The summed E-state index contributed by atoms with van der Waals surface area (Å²) in [7, 11) is 0. The number of benzene rings is 1. The molecule has 1 aromatic heterocycles. The Morgan fingerprint density at radius 2 is 1.79 bits per heavy atom. The summed E-state index contributed by atoms with van der Waals surface area (Å²) < 4.78 is 0. The molecule has 24 heavy (non-hydrogen) atoms. The number of aromatic nitrogens is 2. The molecule has 0 spiro atoms. The van der Waals surface area contributed by atoms with Crippen molar-refractivity contribution in [3.8, 4) is 11.3 Å². The SMILES string of the molecule is CCN(CC)CCCC(C)Nc1nc(C)cc(-c2ccccc2)n1. The molecule has 0 amide bonds. The molecule has 0 bridgehead atoms. The Bertz CT molecular complexity index is 608. The van der Waals surface area contributed by atoms with E-state index in [1.807, 2.05) is 31.2 Å². The van der Waals surface area contributed by atoms with Crippen molar-refractivity contribution in [2.24, 2.45) is 0 Å². The third-order valence-corrected chi connectivity index (χ3v) is 4.31. The second kappa shape index (κ2) is 9.38. The Hall–Kier alpha value is -1.94. The van der Waals surface area contributed by atoms with Crippen LogP contribution in [-0.4, -0.2) is 40.5 Å². The second-order valence-corrected chi connectivity index (χ2v) is 6.30. The normalized spacial score (nSPS) is 12.4. The third-order valence-electron chi connectivity index (χ3n) is 4.31. The molecule has 4 heteroatoms. The maximum absolute atomic E-state index is 4.69. The van der Waals surface area contributed by atoms with Gasteiger partial charge in [0.25, 0.3) is 0 Å². The van der Waals surface area contributed by atoms with Crippen LogP contribution >= 0.6 is 0 Å². The summed E-state index contributed by atoms with van der Waals surface area (Å²) >= 11 is 0. The van der Waals surface area contributed by atoms with Crippen LogP contribution in [0.15, 0.2) is 36.4 Å². The highest BCUT2D eigenvalue weighted by Gasteiger charge is 2.08. The predicted molar refractivity (Wildman–Crippen MR) is 102 cm³/mol. The molecule has 2 rings (SSSR count). The van der Waals surface area contributed by atoms with Crippen LogP contribution in [0.3, 0.4) is 0 Å². The fraction of sp³-hybridized carbons (Fsp3) is 0.500. The fourth-order valence-electron chi connectivity index (χ4n) is 2.84. The first-order valence-corrected chi connectivity index (χ1v) is 9.02. The van der Waals surface area contributed by atoms with Gasteiger partial charge in [0, 0.05) is 17.3 Å². The standard InChI is InChI=1S/C20H30N4/c1-5-24(6-2)14-10-11-16(3)21-20-22-17(4)15-19(23-20)18-12-8-7-9-13-18/h7-9,12-13,15-16H,5-6,10-11,14H2,1-4H3,(H,21,22,23). The summed E-state index contributed by atoms with van der Waals surface area (Å²) in [5.74, 6) is 0.726. The molecular formula is C20H30N4. The zero-order chi connectivity index (χ0) is 17.4. The van der Waals surface area contributed by atoms with Crippen molar-refractivity contribution in [1.29, 1.82) is 0 Å². The van der Waals surface area contributed by atoms with Crippen LogP contribution in [0.4, 0.5) is 5.95 Å². The minimum atomic E-state index is 0.367. The van der Waals surface area contributed by atoms with Gasteiger partial charge in [0.15, 0.2) is 0 Å². The molecule has 1 N–H and O–H groups in total. The van der Waals surface area contributed by atoms with Gasteiger partial charge in [-0.25, -0.2) is 9.97 Å². The average molecular weight is 326 g/mol. The fourth-order valence-corrected chi connectivity index (χ4v) is 2.84. The molecule has 1 heterocycles. The van der Waals surface area contributed by atoms with E-state index in [-0.39, 0.29) is 0 Å². The predicted octanol–water partition coefficient (Wildman–Crippen LogP) is 4.37. The first-order valence-electron chi connectivity index (χ1n) is 9.02. The molecule has 0 aliphatic heterocycles. The van der Waals surface area contributed by atoms with Gasteiger partial charge in [0.2, 0.25) is 5.95 Å². The van der Waals surface area contributed by atoms with Crippen molar-refractivity contribution >= 4 is 5.95 Å². The smallest absolute Gasteiger partial charge is 0.223 e. The van der Waals surface area contributed by atoms with Gasteiger partial charge < -0.3 is 10.2 Å². The molecule has 0 radical (unpaired) electrons. The zero-order valence-corrected chi connectivity index (χ0v) is 15.4. The van der Waals surface area contributed by atoms with E-state index < -0.39 is 0 Å². The number of hydrogen-bond acceptors (Lipinski definition) is 4. The van der Waals surface area contributed by atoms with Crippen LogP contribution in [0.1, 0.15) is 39.3 Å².